The third-order valence-corrected chi connectivity index (χ3v) is 23.2. The van der Waals surface area contributed by atoms with Crippen molar-refractivity contribution in [2.75, 3.05) is 9.80 Å². The molecule has 0 unspecified atom stereocenters. The van der Waals surface area contributed by atoms with Gasteiger partial charge < -0.3 is 23.3 Å². The molecule has 8 heteroatoms. The van der Waals surface area contributed by atoms with E-state index >= 15 is 0 Å². The van der Waals surface area contributed by atoms with Gasteiger partial charge in [-0.05, 0) is 169 Å². The molecule has 0 spiro atoms. The number of nitriles is 1. The van der Waals surface area contributed by atoms with Crippen LogP contribution in [0.3, 0.4) is 0 Å². The highest BCUT2D eigenvalue weighted by atomic mass is 15.2. The molecule has 108 heavy (non-hydrogen) atoms. The number of nitrogens with zero attached hydrogens (tertiary/aromatic N) is 7. The van der Waals surface area contributed by atoms with Gasteiger partial charge in [-0.1, -0.05) is 254 Å². The van der Waals surface area contributed by atoms with Crippen LogP contribution in [0, 0.1) is 17.9 Å². The summed E-state index contributed by atoms with van der Waals surface area (Å²) < 4.78 is 7.45. The summed E-state index contributed by atoms with van der Waals surface area (Å²) in [5, 5.41) is 19.4. The maximum absolute atomic E-state index is 10.5. The van der Waals surface area contributed by atoms with Crippen molar-refractivity contribution in [2.45, 2.75) is 52.4 Å². The second-order valence-corrected chi connectivity index (χ2v) is 31.3. The normalized spacial score (nSPS) is 12.8. The van der Waals surface area contributed by atoms with Gasteiger partial charge in [-0.25, -0.2) is 4.85 Å². The zero-order valence-electron chi connectivity index (χ0n) is 60.7. The number of aromatic nitrogens is 3. The first kappa shape index (κ1) is 62.9. The summed E-state index contributed by atoms with van der Waals surface area (Å²) in [7, 11) is 0. The molecular formula is C100H70BN7. The standard InChI is InChI=1S/C100H70BN7/c1-99(2,3)66-53-75(62-28-12-8-13-29-62)94(76(54-66)63-30-14-9-15-31-63)107-89-58-69(104-83-40-24-20-36-71(83)79-52-61(60-102)44-50-87(79)104)46-48-81(89)101-82-49-47-70(105-84-41-25-21-37-72(84)80-57-68(103-7)45-51-88(80)105)59-90(82)108(95-77(64-32-16-10-17-33-64)55-67(100(4,5)6)56-78(95)65-34-18-11-19-35-65)98-92-74-39-23-27-43-86(74)106-85-42-26-22-38-73(85)91(96(92)106)97(107)93(98)101/h8-59H,1-6H3. The lowest BCUT2D eigenvalue weighted by Gasteiger charge is -2.46. The van der Waals surface area contributed by atoms with Gasteiger partial charge in [-0.15, -0.1) is 0 Å². The quantitative estimate of drug-likeness (QED) is 0.113. The minimum Gasteiger partial charge on any atom is -0.309 e. The molecule has 15 aromatic carbocycles. The molecule has 0 aliphatic carbocycles. The highest BCUT2D eigenvalue weighted by molar-refractivity contribution is 7.01. The van der Waals surface area contributed by atoms with Gasteiger partial charge in [0, 0.05) is 82.7 Å². The molecule has 0 atom stereocenters. The lowest BCUT2D eigenvalue weighted by molar-refractivity contribution is 0.590. The van der Waals surface area contributed by atoms with Crippen LogP contribution in [-0.4, -0.2) is 20.2 Å². The second-order valence-electron chi connectivity index (χ2n) is 31.3. The van der Waals surface area contributed by atoms with Crippen LogP contribution >= 0.6 is 0 Å². The van der Waals surface area contributed by atoms with Gasteiger partial charge in [0.1, 0.15) is 0 Å². The highest BCUT2D eigenvalue weighted by Crippen LogP contribution is 2.60. The maximum atomic E-state index is 10.5. The fraction of sp³-hybridized carbons (Fsp3) is 0.0800. The molecule has 2 aliphatic rings. The minimum absolute atomic E-state index is 0.253. The van der Waals surface area contributed by atoms with Gasteiger partial charge in [-0.3, -0.25) is 0 Å². The summed E-state index contributed by atoms with van der Waals surface area (Å²) in [6, 6.07) is 120. The molecule has 19 aromatic rings. The van der Waals surface area contributed by atoms with E-state index in [-0.39, 0.29) is 17.5 Å². The van der Waals surface area contributed by atoms with Gasteiger partial charge in [0.15, 0.2) is 5.69 Å². The van der Waals surface area contributed by atoms with E-state index < -0.39 is 0 Å². The number of anilines is 6. The number of hydrogen-bond donors (Lipinski definition) is 0. The molecule has 0 saturated heterocycles. The van der Waals surface area contributed by atoms with E-state index in [2.05, 4.69) is 379 Å². The van der Waals surface area contributed by atoms with Gasteiger partial charge in [-0.2, -0.15) is 5.26 Å². The average molecular weight is 1380 g/mol. The molecule has 2 aliphatic heterocycles. The van der Waals surface area contributed by atoms with Gasteiger partial charge in [0.05, 0.1) is 79.6 Å². The van der Waals surface area contributed by atoms with Crippen molar-refractivity contribution in [3.63, 3.8) is 0 Å². The molecule has 6 heterocycles. The van der Waals surface area contributed by atoms with E-state index in [9.17, 15) is 5.26 Å². The molecule has 508 valence electrons. The average Bonchev–Trinajstić information content (AvgIpc) is 1.46. The Hall–Kier alpha value is -13.7. The van der Waals surface area contributed by atoms with Crippen LogP contribution in [0.2, 0.25) is 0 Å². The largest absolute Gasteiger partial charge is 0.309 e. The minimum atomic E-state index is -0.384. The van der Waals surface area contributed by atoms with Crippen LogP contribution in [0.1, 0.15) is 58.2 Å². The Morgan fingerprint density at radius 3 is 1.10 bits per heavy atom. The van der Waals surface area contributed by atoms with Gasteiger partial charge >= 0.3 is 0 Å². The monoisotopic (exact) mass is 1380 g/mol. The molecule has 7 nitrogen and oxygen atoms in total. The van der Waals surface area contributed by atoms with Crippen molar-refractivity contribution < 1.29 is 0 Å². The van der Waals surface area contributed by atoms with E-state index in [1.165, 1.54) is 38.1 Å². The summed E-state index contributed by atoms with van der Waals surface area (Å²) in [4.78, 5) is 9.49. The van der Waals surface area contributed by atoms with Gasteiger partial charge in [0.25, 0.3) is 6.71 Å². The van der Waals surface area contributed by atoms with E-state index in [1.807, 2.05) is 12.1 Å². The first-order valence-electron chi connectivity index (χ1n) is 37.4. The predicted molar refractivity (Wildman–Crippen MR) is 454 cm³/mol. The zero-order chi connectivity index (χ0) is 72.6. The maximum Gasteiger partial charge on any atom is 0.252 e. The number of fused-ring (bicyclic) bond motifs is 18. The fourth-order valence-electron chi connectivity index (χ4n) is 18.3. The molecule has 0 bridgehead atoms. The summed E-state index contributed by atoms with van der Waals surface area (Å²) in [6.07, 6.45) is 0. The van der Waals surface area contributed by atoms with Crippen molar-refractivity contribution in [2.24, 2.45) is 0 Å². The molecule has 0 saturated carbocycles. The molecule has 0 N–H and O–H groups in total. The van der Waals surface area contributed by atoms with Crippen LogP contribution in [0.15, 0.2) is 315 Å². The number of para-hydroxylation sites is 4. The summed E-state index contributed by atoms with van der Waals surface area (Å²) in [5.74, 6) is 0. The predicted octanol–water partition coefficient (Wildman–Crippen LogP) is 24.8. The van der Waals surface area contributed by atoms with Crippen molar-refractivity contribution in [1.82, 2.24) is 13.5 Å². The summed E-state index contributed by atoms with van der Waals surface area (Å²) >= 11 is 0. The SMILES string of the molecule is [C-]#[N+]c1ccc2c(c1)c1ccccc1n2-c1ccc2c(c1)N(c1c(-c3ccccc3)cc(C(C)(C)C)cc1-c1ccccc1)c1c3c(c4c5ccccc5n5c6ccccc6c1c45)N(c1c(-c4ccccc4)cc(C(C)(C)C)cc1-c1ccccc1)c1cc(-n4c5ccccc5c5cc(C#N)ccc54)ccc1B23. The van der Waals surface area contributed by atoms with Crippen LogP contribution in [-0.2, 0) is 10.8 Å². The smallest absolute Gasteiger partial charge is 0.252 e. The number of benzene rings is 15. The lowest BCUT2D eigenvalue weighted by Crippen LogP contribution is -2.61. The first-order valence-corrected chi connectivity index (χ1v) is 37.4. The Balaban J connectivity index is 1.02. The molecule has 0 fully saturated rings. The third-order valence-electron chi connectivity index (χ3n) is 23.2. The van der Waals surface area contributed by atoms with Crippen LogP contribution in [0.25, 0.3) is 142 Å². The zero-order valence-corrected chi connectivity index (χ0v) is 60.7. The Labute approximate surface area is 627 Å². The van der Waals surface area contributed by atoms with Crippen molar-refractivity contribution in [1.29, 1.82) is 5.26 Å². The van der Waals surface area contributed by atoms with Crippen LogP contribution < -0.4 is 26.2 Å². The topological polar surface area (TPSA) is 48.9 Å². The third kappa shape index (κ3) is 9.14. The molecular weight excluding hydrogens is 1310 g/mol. The fourth-order valence-corrected chi connectivity index (χ4v) is 18.3. The van der Waals surface area contributed by atoms with Crippen LogP contribution in [0.4, 0.5) is 39.8 Å². The van der Waals surface area contributed by atoms with Crippen molar-refractivity contribution in [3.05, 3.63) is 344 Å². The van der Waals surface area contributed by atoms with E-state index in [1.54, 1.807) is 0 Å². The molecule has 0 radical (unpaired) electrons. The molecule has 4 aromatic heterocycles. The van der Waals surface area contributed by atoms with E-state index in [4.69, 9.17) is 6.57 Å². The van der Waals surface area contributed by atoms with Crippen LogP contribution in [0.5, 0.6) is 0 Å². The molecule has 0 amide bonds. The van der Waals surface area contributed by atoms with Gasteiger partial charge in [0.2, 0.25) is 0 Å². The number of rotatable bonds is 8. The Kier molecular flexibility index (Phi) is 13.6. The first-order chi connectivity index (χ1) is 52.8. The lowest BCUT2D eigenvalue weighted by atomic mass is 9.33. The summed E-state index contributed by atoms with van der Waals surface area (Å²) in [5.41, 5.74) is 31.7. The highest BCUT2D eigenvalue weighted by Gasteiger charge is 2.49. The second kappa shape index (κ2) is 23.4. The number of hydrogen-bond acceptors (Lipinski definition) is 3. The Morgan fingerprint density at radius 2 is 0.704 bits per heavy atom. The van der Waals surface area contributed by atoms with Crippen molar-refractivity contribution in [3.8, 4) is 62.0 Å². The Morgan fingerprint density at radius 1 is 0.343 bits per heavy atom. The van der Waals surface area contributed by atoms with E-state index in [0.717, 1.165) is 161 Å². The Bertz CT molecular complexity index is 6560. The molecule has 21 rings (SSSR count). The van der Waals surface area contributed by atoms with E-state index in [0.29, 0.717) is 11.3 Å². The van der Waals surface area contributed by atoms with Crippen molar-refractivity contribution >= 4 is 145 Å². The summed E-state index contributed by atoms with van der Waals surface area (Å²) in [6.45, 7) is 21.9.